The SMILES string of the molecule is COc1ccc(-c2cn(C(=O)N(C)C3CCN(C(C)=O)CC3)cn2)cc1. The van der Waals surface area contributed by atoms with Crippen LogP contribution in [0.25, 0.3) is 11.3 Å². The zero-order valence-electron chi connectivity index (χ0n) is 15.4. The third kappa shape index (κ3) is 3.71. The van der Waals surface area contributed by atoms with Gasteiger partial charge in [-0.05, 0) is 37.1 Å². The van der Waals surface area contributed by atoms with Gasteiger partial charge in [0.2, 0.25) is 5.91 Å². The molecule has 0 atom stereocenters. The molecule has 0 bridgehead atoms. The fourth-order valence-corrected chi connectivity index (χ4v) is 3.24. The molecule has 0 unspecified atom stereocenters. The predicted octanol–water partition coefficient (Wildman–Crippen LogP) is 2.47. The first kappa shape index (κ1) is 18.0. The van der Waals surface area contributed by atoms with Gasteiger partial charge in [0.15, 0.2) is 0 Å². The molecule has 1 aliphatic heterocycles. The first-order chi connectivity index (χ1) is 12.5. The van der Waals surface area contributed by atoms with Gasteiger partial charge in [-0.3, -0.25) is 9.36 Å². The predicted molar refractivity (Wildman–Crippen MR) is 98.0 cm³/mol. The topological polar surface area (TPSA) is 67.7 Å². The van der Waals surface area contributed by atoms with Crippen LogP contribution in [-0.4, -0.2) is 64.6 Å². The lowest BCUT2D eigenvalue weighted by Gasteiger charge is -2.36. The van der Waals surface area contributed by atoms with Crippen molar-refractivity contribution in [2.24, 2.45) is 0 Å². The fourth-order valence-electron chi connectivity index (χ4n) is 3.24. The molecule has 7 heteroatoms. The van der Waals surface area contributed by atoms with E-state index in [-0.39, 0.29) is 18.0 Å². The minimum Gasteiger partial charge on any atom is -0.497 e. The number of ether oxygens (including phenoxy) is 1. The molecule has 1 aliphatic rings. The molecule has 1 fully saturated rings. The fraction of sp³-hybridized carbons (Fsp3) is 0.421. The third-order valence-corrected chi connectivity index (χ3v) is 4.95. The summed E-state index contributed by atoms with van der Waals surface area (Å²) in [5.41, 5.74) is 1.66. The minimum atomic E-state index is -0.112. The molecule has 2 aromatic rings. The largest absolute Gasteiger partial charge is 0.497 e. The molecule has 0 N–H and O–H groups in total. The monoisotopic (exact) mass is 356 g/mol. The van der Waals surface area contributed by atoms with Crippen molar-refractivity contribution < 1.29 is 14.3 Å². The van der Waals surface area contributed by atoms with Crippen molar-refractivity contribution in [1.29, 1.82) is 0 Å². The van der Waals surface area contributed by atoms with Gasteiger partial charge in [0, 0.05) is 44.9 Å². The molecular formula is C19H24N4O3. The summed E-state index contributed by atoms with van der Waals surface area (Å²) in [4.78, 5) is 32.1. The van der Waals surface area contributed by atoms with E-state index in [4.69, 9.17) is 4.74 Å². The number of aromatic nitrogens is 2. The molecule has 2 amide bonds. The average Bonchev–Trinajstić information content (AvgIpc) is 3.17. The van der Waals surface area contributed by atoms with Crippen molar-refractivity contribution >= 4 is 11.9 Å². The van der Waals surface area contributed by atoms with Gasteiger partial charge in [-0.15, -0.1) is 0 Å². The Kier molecular flexibility index (Phi) is 5.25. The van der Waals surface area contributed by atoms with Gasteiger partial charge in [-0.1, -0.05) is 0 Å². The lowest BCUT2D eigenvalue weighted by atomic mass is 10.0. The number of hydrogen-bond acceptors (Lipinski definition) is 4. The Hall–Kier alpha value is -2.83. The summed E-state index contributed by atoms with van der Waals surface area (Å²) >= 11 is 0. The van der Waals surface area contributed by atoms with E-state index in [2.05, 4.69) is 4.98 Å². The van der Waals surface area contributed by atoms with E-state index in [0.29, 0.717) is 13.1 Å². The lowest BCUT2D eigenvalue weighted by molar-refractivity contribution is -0.130. The van der Waals surface area contributed by atoms with Crippen LogP contribution < -0.4 is 4.74 Å². The van der Waals surface area contributed by atoms with Crippen LogP contribution in [0.15, 0.2) is 36.8 Å². The van der Waals surface area contributed by atoms with Crippen LogP contribution in [0, 0.1) is 0 Å². The number of benzene rings is 1. The number of amides is 2. The van der Waals surface area contributed by atoms with E-state index < -0.39 is 0 Å². The first-order valence-corrected chi connectivity index (χ1v) is 8.70. The molecule has 1 saturated heterocycles. The molecule has 7 nitrogen and oxygen atoms in total. The number of imidazole rings is 1. The van der Waals surface area contributed by atoms with Gasteiger partial charge in [0.25, 0.3) is 0 Å². The summed E-state index contributed by atoms with van der Waals surface area (Å²) in [5.74, 6) is 0.872. The molecule has 26 heavy (non-hydrogen) atoms. The summed E-state index contributed by atoms with van der Waals surface area (Å²) in [6.45, 7) is 2.97. The second-order valence-electron chi connectivity index (χ2n) is 6.53. The van der Waals surface area contributed by atoms with Crippen molar-refractivity contribution in [2.75, 3.05) is 27.2 Å². The minimum absolute atomic E-state index is 0.0937. The Bertz CT molecular complexity index is 776. The normalized spacial score (nSPS) is 15.0. The van der Waals surface area contributed by atoms with Gasteiger partial charge < -0.3 is 14.5 Å². The van der Waals surface area contributed by atoms with E-state index in [1.54, 1.807) is 31.5 Å². The Morgan fingerprint density at radius 2 is 1.85 bits per heavy atom. The van der Waals surface area contributed by atoms with E-state index in [1.165, 1.54) is 4.57 Å². The Morgan fingerprint density at radius 1 is 1.19 bits per heavy atom. The first-order valence-electron chi connectivity index (χ1n) is 8.70. The maximum Gasteiger partial charge on any atom is 0.329 e. The van der Waals surface area contributed by atoms with Crippen LogP contribution in [0.4, 0.5) is 4.79 Å². The van der Waals surface area contributed by atoms with Crippen LogP contribution in [0.2, 0.25) is 0 Å². The van der Waals surface area contributed by atoms with Gasteiger partial charge in [-0.2, -0.15) is 0 Å². The number of nitrogens with zero attached hydrogens (tertiary/aromatic N) is 4. The average molecular weight is 356 g/mol. The molecule has 0 radical (unpaired) electrons. The molecule has 1 aromatic heterocycles. The zero-order valence-corrected chi connectivity index (χ0v) is 15.4. The second kappa shape index (κ2) is 7.59. The van der Waals surface area contributed by atoms with E-state index in [0.717, 1.165) is 29.8 Å². The highest BCUT2D eigenvalue weighted by Gasteiger charge is 2.27. The Morgan fingerprint density at radius 3 is 2.42 bits per heavy atom. The Balaban J connectivity index is 1.66. The summed E-state index contributed by atoms with van der Waals surface area (Å²) in [6, 6.07) is 7.58. The standard InChI is InChI=1S/C19H24N4O3/c1-14(24)22-10-8-16(9-11-22)21(2)19(25)23-12-18(20-13-23)15-4-6-17(26-3)7-5-15/h4-7,12-13,16H,8-11H2,1-3H3. The highest BCUT2D eigenvalue weighted by Crippen LogP contribution is 2.21. The zero-order chi connectivity index (χ0) is 18.7. The maximum atomic E-state index is 12.8. The van der Waals surface area contributed by atoms with Gasteiger partial charge in [-0.25, -0.2) is 9.78 Å². The van der Waals surface area contributed by atoms with E-state index in [1.807, 2.05) is 36.2 Å². The van der Waals surface area contributed by atoms with Crippen molar-refractivity contribution in [3.63, 3.8) is 0 Å². The molecule has 2 heterocycles. The molecule has 0 spiro atoms. The molecule has 138 valence electrons. The molecule has 3 rings (SSSR count). The van der Waals surface area contributed by atoms with Crippen LogP contribution in [0.3, 0.4) is 0 Å². The third-order valence-electron chi connectivity index (χ3n) is 4.95. The highest BCUT2D eigenvalue weighted by molar-refractivity contribution is 5.78. The Labute approximate surface area is 153 Å². The number of piperidine rings is 1. The van der Waals surface area contributed by atoms with Crippen molar-refractivity contribution in [3.8, 4) is 17.0 Å². The number of rotatable bonds is 3. The molecule has 0 saturated carbocycles. The summed E-state index contributed by atoms with van der Waals surface area (Å²) in [6.07, 6.45) is 4.87. The quantitative estimate of drug-likeness (QED) is 0.847. The molecular weight excluding hydrogens is 332 g/mol. The smallest absolute Gasteiger partial charge is 0.329 e. The highest BCUT2D eigenvalue weighted by atomic mass is 16.5. The van der Waals surface area contributed by atoms with Crippen LogP contribution in [-0.2, 0) is 4.79 Å². The lowest BCUT2D eigenvalue weighted by Crippen LogP contribution is -2.47. The van der Waals surface area contributed by atoms with Crippen LogP contribution in [0.5, 0.6) is 5.75 Å². The number of carbonyl (C=O) groups excluding carboxylic acids is 2. The number of carbonyl (C=O) groups is 2. The van der Waals surface area contributed by atoms with Crippen molar-refractivity contribution in [1.82, 2.24) is 19.4 Å². The number of hydrogen-bond donors (Lipinski definition) is 0. The molecule has 0 aliphatic carbocycles. The number of likely N-dealkylation sites (tertiary alicyclic amines) is 1. The van der Waals surface area contributed by atoms with E-state index in [9.17, 15) is 9.59 Å². The molecule has 1 aromatic carbocycles. The maximum absolute atomic E-state index is 12.8. The van der Waals surface area contributed by atoms with Gasteiger partial charge in [0.05, 0.1) is 12.8 Å². The van der Waals surface area contributed by atoms with E-state index >= 15 is 0 Å². The van der Waals surface area contributed by atoms with Crippen molar-refractivity contribution in [3.05, 3.63) is 36.8 Å². The summed E-state index contributed by atoms with van der Waals surface area (Å²) in [7, 11) is 3.43. The summed E-state index contributed by atoms with van der Waals surface area (Å²) < 4.78 is 6.67. The van der Waals surface area contributed by atoms with Crippen LogP contribution in [0.1, 0.15) is 19.8 Å². The van der Waals surface area contributed by atoms with Gasteiger partial charge in [0.1, 0.15) is 12.1 Å². The van der Waals surface area contributed by atoms with Crippen molar-refractivity contribution in [2.45, 2.75) is 25.8 Å². The van der Waals surface area contributed by atoms with Crippen LogP contribution >= 0.6 is 0 Å². The second-order valence-corrected chi connectivity index (χ2v) is 6.53. The van der Waals surface area contributed by atoms with Gasteiger partial charge >= 0.3 is 6.03 Å². The number of methoxy groups -OCH3 is 1. The summed E-state index contributed by atoms with van der Waals surface area (Å²) in [5, 5.41) is 0.